The van der Waals surface area contributed by atoms with Gasteiger partial charge < -0.3 is 10.6 Å². The van der Waals surface area contributed by atoms with Gasteiger partial charge in [0, 0.05) is 24.5 Å². The molecule has 1 saturated heterocycles. The number of likely N-dealkylation sites (tertiary alicyclic amines) is 1. The summed E-state index contributed by atoms with van der Waals surface area (Å²) in [5.41, 5.74) is 7.44. The van der Waals surface area contributed by atoms with E-state index in [9.17, 15) is 0 Å². The van der Waals surface area contributed by atoms with Crippen LogP contribution in [0.1, 0.15) is 37.8 Å². The van der Waals surface area contributed by atoms with Gasteiger partial charge in [-0.25, -0.2) is 0 Å². The molecule has 16 heavy (non-hydrogen) atoms. The van der Waals surface area contributed by atoms with Crippen LogP contribution in [0.15, 0.2) is 24.5 Å². The predicted octanol–water partition coefficient (Wildman–Crippen LogP) is 1.96. The van der Waals surface area contributed by atoms with Crippen LogP contribution in [0.5, 0.6) is 0 Å². The molecule has 1 aliphatic rings. The fraction of sp³-hybridized carbons (Fsp3) is 0.615. The van der Waals surface area contributed by atoms with Crippen LogP contribution in [0.3, 0.4) is 0 Å². The van der Waals surface area contributed by atoms with E-state index in [1.807, 2.05) is 24.5 Å². The molecule has 1 fully saturated rings. The quantitative estimate of drug-likeness (QED) is 0.841. The maximum Gasteiger partial charge on any atom is 0.0310 e. The molecule has 1 aliphatic heterocycles. The van der Waals surface area contributed by atoms with Crippen molar-refractivity contribution < 1.29 is 0 Å². The molecular formula is C13H21N3. The molecule has 2 unspecified atom stereocenters. The van der Waals surface area contributed by atoms with Crippen LogP contribution in [0.4, 0.5) is 0 Å². The Balaban J connectivity index is 1.94. The van der Waals surface area contributed by atoms with Crippen molar-refractivity contribution >= 4 is 0 Å². The van der Waals surface area contributed by atoms with Gasteiger partial charge in [0.2, 0.25) is 0 Å². The average molecular weight is 219 g/mol. The van der Waals surface area contributed by atoms with Gasteiger partial charge in [0.15, 0.2) is 0 Å². The molecule has 2 heterocycles. The summed E-state index contributed by atoms with van der Waals surface area (Å²) in [5.74, 6) is 0. The van der Waals surface area contributed by atoms with E-state index in [2.05, 4.69) is 16.8 Å². The number of aromatic nitrogens is 1. The Labute approximate surface area is 97.7 Å². The first kappa shape index (κ1) is 11.6. The topological polar surface area (TPSA) is 42.1 Å². The number of rotatable bonds is 4. The zero-order valence-electron chi connectivity index (χ0n) is 9.97. The predicted molar refractivity (Wildman–Crippen MR) is 66.1 cm³/mol. The second-order valence-corrected chi connectivity index (χ2v) is 4.55. The summed E-state index contributed by atoms with van der Waals surface area (Å²) in [6.45, 7) is 4.62. The Morgan fingerprint density at radius 3 is 2.94 bits per heavy atom. The summed E-state index contributed by atoms with van der Waals surface area (Å²) in [4.78, 5) is 6.57. The van der Waals surface area contributed by atoms with Crippen molar-refractivity contribution in [1.82, 2.24) is 9.88 Å². The molecule has 2 atom stereocenters. The lowest BCUT2D eigenvalue weighted by Crippen LogP contribution is -2.32. The Bertz CT molecular complexity index is 312. The molecule has 2 N–H and O–H groups in total. The highest BCUT2D eigenvalue weighted by molar-refractivity contribution is 5.14. The maximum absolute atomic E-state index is 6.24. The lowest BCUT2D eigenvalue weighted by molar-refractivity contribution is 0.245. The van der Waals surface area contributed by atoms with Crippen molar-refractivity contribution in [3.8, 4) is 0 Å². The summed E-state index contributed by atoms with van der Waals surface area (Å²) in [6.07, 6.45) is 7.33. The first-order valence-electron chi connectivity index (χ1n) is 6.20. The highest BCUT2D eigenvalue weighted by atomic mass is 15.2. The van der Waals surface area contributed by atoms with E-state index in [1.165, 1.54) is 24.9 Å². The van der Waals surface area contributed by atoms with Gasteiger partial charge in [-0.1, -0.05) is 6.92 Å². The summed E-state index contributed by atoms with van der Waals surface area (Å²) < 4.78 is 0. The third-order valence-electron chi connectivity index (χ3n) is 3.57. The second-order valence-electron chi connectivity index (χ2n) is 4.55. The van der Waals surface area contributed by atoms with E-state index in [-0.39, 0.29) is 6.04 Å². The number of nitrogens with two attached hydrogens (primary N) is 1. The van der Waals surface area contributed by atoms with Crippen LogP contribution < -0.4 is 5.73 Å². The first-order valence-corrected chi connectivity index (χ1v) is 6.20. The van der Waals surface area contributed by atoms with Crippen molar-refractivity contribution in [1.29, 1.82) is 0 Å². The van der Waals surface area contributed by atoms with Crippen LogP contribution in [0, 0.1) is 0 Å². The Morgan fingerprint density at radius 1 is 1.50 bits per heavy atom. The van der Waals surface area contributed by atoms with Crippen LogP contribution in [0.2, 0.25) is 0 Å². The second kappa shape index (κ2) is 5.41. The lowest BCUT2D eigenvalue weighted by Gasteiger charge is -2.25. The summed E-state index contributed by atoms with van der Waals surface area (Å²) >= 11 is 0. The van der Waals surface area contributed by atoms with E-state index in [4.69, 9.17) is 5.73 Å². The highest BCUT2D eigenvalue weighted by Crippen LogP contribution is 2.25. The molecule has 3 nitrogen and oxygen atoms in total. The zero-order chi connectivity index (χ0) is 11.4. The molecule has 0 aliphatic carbocycles. The SMILES string of the molecule is CCN1CCCC1CC(N)c1ccncc1. The molecule has 0 bridgehead atoms. The standard InChI is InChI=1S/C13H21N3/c1-2-16-9-3-4-12(16)10-13(14)11-5-7-15-8-6-11/h5-8,12-13H,2-4,9-10,14H2,1H3. The Morgan fingerprint density at radius 2 is 2.25 bits per heavy atom. The number of pyridine rings is 1. The molecule has 0 aromatic carbocycles. The molecule has 88 valence electrons. The monoisotopic (exact) mass is 219 g/mol. The number of hydrogen-bond donors (Lipinski definition) is 1. The summed E-state index contributed by atoms with van der Waals surface area (Å²) in [6, 6.07) is 4.87. The van der Waals surface area contributed by atoms with E-state index in [1.54, 1.807) is 0 Å². The molecule has 0 spiro atoms. The van der Waals surface area contributed by atoms with Gasteiger partial charge in [-0.2, -0.15) is 0 Å². The molecule has 2 rings (SSSR count). The number of hydrogen-bond acceptors (Lipinski definition) is 3. The van der Waals surface area contributed by atoms with Crippen molar-refractivity contribution in [3.05, 3.63) is 30.1 Å². The fourth-order valence-corrected chi connectivity index (χ4v) is 2.62. The van der Waals surface area contributed by atoms with Crippen LogP contribution >= 0.6 is 0 Å². The maximum atomic E-state index is 6.24. The summed E-state index contributed by atoms with van der Waals surface area (Å²) in [5, 5.41) is 0. The van der Waals surface area contributed by atoms with E-state index in [0.29, 0.717) is 6.04 Å². The largest absolute Gasteiger partial charge is 0.324 e. The summed E-state index contributed by atoms with van der Waals surface area (Å²) in [7, 11) is 0. The molecule has 0 saturated carbocycles. The molecule has 0 radical (unpaired) electrons. The molecule has 1 aromatic rings. The third kappa shape index (κ3) is 2.60. The minimum absolute atomic E-state index is 0.153. The van der Waals surface area contributed by atoms with Crippen molar-refractivity contribution in [2.24, 2.45) is 5.73 Å². The van der Waals surface area contributed by atoms with Crippen molar-refractivity contribution in [2.45, 2.75) is 38.3 Å². The van der Waals surface area contributed by atoms with E-state index in [0.717, 1.165) is 13.0 Å². The Hall–Kier alpha value is -0.930. The molecule has 1 aromatic heterocycles. The van der Waals surface area contributed by atoms with Crippen molar-refractivity contribution in [3.63, 3.8) is 0 Å². The van der Waals surface area contributed by atoms with Gasteiger partial charge in [-0.3, -0.25) is 4.98 Å². The van der Waals surface area contributed by atoms with Gasteiger partial charge in [0.25, 0.3) is 0 Å². The number of nitrogens with zero attached hydrogens (tertiary/aromatic N) is 2. The minimum atomic E-state index is 0.153. The van der Waals surface area contributed by atoms with Gasteiger partial charge in [-0.05, 0) is 50.0 Å². The van der Waals surface area contributed by atoms with Gasteiger partial charge in [0.05, 0.1) is 0 Å². The molecule has 3 heteroatoms. The van der Waals surface area contributed by atoms with Crippen molar-refractivity contribution in [2.75, 3.05) is 13.1 Å². The smallest absolute Gasteiger partial charge is 0.0310 e. The van der Waals surface area contributed by atoms with E-state index >= 15 is 0 Å². The first-order chi connectivity index (χ1) is 7.81. The molecule has 0 amide bonds. The van der Waals surface area contributed by atoms with Crippen LogP contribution in [-0.4, -0.2) is 29.0 Å². The van der Waals surface area contributed by atoms with Crippen LogP contribution in [0.25, 0.3) is 0 Å². The normalized spacial score (nSPS) is 23.5. The lowest BCUT2D eigenvalue weighted by atomic mass is 10.00. The van der Waals surface area contributed by atoms with Crippen LogP contribution in [-0.2, 0) is 0 Å². The van der Waals surface area contributed by atoms with E-state index < -0.39 is 0 Å². The Kier molecular flexibility index (Phi) is 3.91. The van der Waals surface area contributed by atoms with Gasteiger partial charge >= 0.3 is 0 Å². The highest BCUT2D eigenvalue weighted by Gasteiger charge is 2.25. The third-order valence-corrected chi connectivity index (χ3v) is 3.57. The fourth-order valence-electron chi connectivity index (χ4n) is 2.62. The average Bonchev–Trinajstić information content (AvgIpc) is 2.77. The molecular weight excluding hydrogens is 198 g/mol. The van der Waals surface area contributed by atoms with Gasteiger partial charge in [0.1, 0.15) is 0 Å². The zero-order valence-corrected chi connectivity index (χ0v) is 9.97. The van der Waals surface area contributed by atoms with Gasteiger partial charge in [-0.15, -0.1) is 0 Å². The minimum Gasteiger partial charge on any atom is -0.324 e.